The molecule has 1 saturated heterocycles. The molecule has 0 aliphatic carbocycles. The molecule has 1 aliphatic heterocycles. The van der Waals surface area contributed by atoms with Gasteiger partial charge < -0.3 is 15.4 Å². The number of halogens is 2. The van der Waals surface area contributed by atoms with E-state index in [0.717, 1.165) is 29.3 Å². The third-order valence-corrected chi connectivity index (χ3v) is 3.96. The SMILES string of the molecule is Cc1cc(C)n(-c2ccc(CNC(=O)CC3COCCN3)cn2)n1.Cl.Cl. The van der Waals surface area contributed by atoms with Crippen LogP contribution in [0.4, 0.5) is 0 Å². The molecule has 7 nitrogen and oxygen atoms in total. The van der Waals surface area contributed by atoms with Gasteiger partial charge in [-0.05, 0) is 31.5 Å². The number of hydrogen-bond acceptors (Lipinski definition) is 5. The molecule has 0 saturated carbocycles. The smallest absolute Gasteiger partial charge is 0.221 e. The van der Waals surface area contributed by atoms with Gasteiger partial charge in [0.2, 0.25) is 5.91 Å². The number of aryl methyl sites for hydroxylation is 2. The molecular weight excluding hydrogens is 377 g/mol. The molecule has 0 aromatic carbocycles. The molecule has 2 aromatic heterocycles. The molecule has 1 amide bonds. The van der Waals surface area contributed by atoms with Crippen LogP contribution in [0.5, 0.6) is 0 Å². The van der Waals surface area contributed by atoms with Gasteiger partial charge in [-0.15, -0.1) is 24.8 Å². The Morgan fingerprint density at radius 1 is 1.38 bits per heavy atom. The standard InChI is InChI=1S/C17H23N5O2.2ClH/c1-12-7-13(2)22(21-12)16-4-3-14(9-19-16)10-20-17(23)8-15-11-24-6-5-18-15;;/h3-4,7,9,15,18H,5-6,8,10-11H2,1-2H3,(H,20,23);2*1H. The van der Waals surface area contributed by atoms with Crippen LogP contribution in [0.1, 0.15) is 23.4 Å². The first-order valence-corrected chi connectivity index (χ1v) is 8.18. The van der Waals surface area contributed by atoms with Crippen molar-refractivity contribution in [2.24, 2.45) is 0 Å². The summed E-state index contributed by atoms with van der Waals surface area (Å²) in [5.74, 6) is 0.792. The van der Waals surface area contributed by atoms with Gasteiger partial charge in [-0.25, -0.2) is 9.67 Å². The first-order chi connectivity index (χ1) is 11.6. The lowest BCUT2D eigenvalue weighted by molar-refractivity contribution is -0.122. The van der Waals surface area contributed by atoms with Crippen LogP contribution in [0.25, 0.3) is 5.82 Å². The van der Waals surface area contributed by atoms with Crippen molar-refractivity contribution in [3.63, 3.8) is 0 Å². The summed E-state index contributed by atoms with van der Waals surface area (Å²) in [6.45, 7) is 6.53. The molecule has 0 spiro atoms. The van der Waals surface area contributed by atoms with Gasteiger partial charge in [-0.3, -0.25) is 4.79 Å². The average Bonchev–Trinajstić information content (AvgIpc) is 2.93. The van der Waals surface area contributed by atoms with Crippen molar-refractivity contribution in [2.75, 3.05) is 19.8 Å². The normalized spacial score (nSPS) is 16.3. The number of ether oxygens (including phenoxy) is 1. The zero-order chi connectivity index (χ0) is 16.9. The molecule has 0 bridgehead atoms. The van der Waals surface area contributed by atoms with E-state index < -0.39 is 0 Å². The van der Waals surface area contributed by atoms with Gasteiger partial charge in [0, 0.05) is 37.4 Å². The fourth-order valence-electron chi connectivity index (χ4n) is 2.75. The molecule has 3 heterocycles. The van der Waals surface area contributed by atoms with E-state index in [0.29, 0.717) is 26.2 Å². The number of aromatic nitrogens is 3. The van der Waals surface area contributed by atoms with Crippen molar-refractivity contribution in [1.29, 1.82) is 0 Å². The number of carbonyl (C=O) groups excluding carboxylic acids is 1. The quantitative estimate of drug-likeness (QED) is 0.796. The zero-order valence-electron chi connectivity index (χ0n) is 14.9. The summed E-state index contributed by atoms with van der Waals surface area (Å²) in [5.41, 5.74) is 2.97. The van der Waals surface area contributed by atoms with E-state index in [1.54, 1.807) is 6.20 Å². The molecule has 1 fully saturated rings. The molecule has 2 aromatic rings. The summed E-state index contributed by atoms with van der Waals surface area (Å²) in [6, 6.07) is 5.99. The number of nitrogens with one attached hydrogen (secondary N) is 2. The molecule has 3 rings (SSSR count). The molecule has 1 atom stereocenters. The maximum absolute atomic E-state index is 12.0. The highest BCUT2D eigenvalue weighted by atomic mass is 35.5. The fraction of sp³-hybridized carbons (Fsp3) is 0.471. The summed E-state index contributed by atoms with van der Waals surface area (Å²) in [6.07, 6.45) is 2.20. The van der Waals surface area contributed by atoms with Crippen LogP contribution in [0.3, 0.4) is 0 Å². The van der Waals surface area contributed by atoms with Crippen LogP contribution in [-0.4, -0.2) is 46.5 Å². The summed E-state index contributed by atoms with van der Waals surface area (Å²) >= 11 is 0. The highest BCUT2D eigenvalue weighted by Crippen LogP contribution is 2.10. The Labute approximate surface area is 165 Å². The number of pyridine rings is 1. The van der Waals surface area contributed by atoms with Crippen molar-refractivity contribution in [3.05, 3.63) is 41.3 Å². The minimum atomic E-state index is 0. The van der Waals surface area contributed by atoms with E-state index in [2.05, 4.69) is 20.7 Å². The van der Waals surface area contributed by atoms with Crippen LogP contribution in [-0.2, 0) is 16.1 Å². The average molecular weight is 402 g/mol. The first kappa shape index (κ1) is 22.4. The van der Waals surface area contributed by atoms with Crippen molar-refractivity contribution in [3.8, 4) is 5.82 Å². The lowest BCUT2D eigenvalue weighted by Crippen LogP contribution is -2.44. The summed E-state index contributed by atoms with van der Waals surface area (Å²) in [4.78, 5) is 16.4. The Morgan fingerprint density at radius 3 is 2.77 bits per heavy atom. The molecule has 2 N–H and O–H groups in total. The minimum absolute atomic E-state index is 0. The number of hydrogen-bond donors (Lipinski definition) is 2. The Bertz CT molecular complexity index is 700. The largest absolute Gasteiger partial charge is 0.378 e. The maximum Gasteiger partial charge on any atom is 0.221 e. The summed E-state index contributed by atoms with van der Waals surface area (Å²) in [7, 11) is 0. The molecule has 1 aliphatic rings. The number of carbonyl (C=O) groups is 1. The van der Waals surface area contributed by atoms with E-state index >= 15 is 0 Å². The van der Waals surface area contributed by atoms with Gasteiger partial charge >= 0.3 is 0 Å². The monoisotopic (exact) mass is 401 g/mol. The van der Waals surface area contributed by atoms with E-state index in [1.165, 1.54) is 0 Å². The highest BCUT2D eigenvalue weighted by molar-refractivity contribution is 5.85. The van der Waals surface area contributed by atoms with Crippen molar-refractivity contribution < 1.29 is 9.53 Å². The van der Waals surface area contributed by atoms with Crippen molar-refractivity contribution in [2.45, 2.75) is 32.9 Å². The predicted octanol–water partition coefficient (Wildman–Crippen LogP) is 1.72. The van der Waals surface area contributed by atoms with E-state index in [4.69, 9.17) is 4.74 Å². The van der Waals surface area contributed by atoms with Gasteiger partial charge in [-0.2, -0.15) is 5.10 Å². The van der Waals surface area contributed by atoms with Gasteiger partial charge in [-0.1, -0.05) is 6.07 Å². The minimum Gasteiger partial charge on any atom is -0.378 e. The van der Waals surface area contributed by atoms with Crippen LogP contribution < -0.4 is 10.6 Å². The lowest BCUT2D eigenvalue weighted by Gasteiger charge is -2.23. The summed E-state index contributed by atoms with van der Waals surface area (Å²) in [5, 5.41) is 10.6. The third kappa shape index (κ3) is 5.95. The van der Waals surface area contributed by atoms with Gasteiger partial charge in [0.05, 0.1) is 18.9 Å². The van der Waals surface area contributed by atoms with Gasteiger partial charge in [0.15, 0.2) is 5.82 Å². The molecule has 1 unspecified atom stereocenters. The molecular formula is C17H25Cl2N5O2. The second kappa shape index (κ2) is 10.5. The molecule has 0 radical (unpaired) electrons. The second-order valence-corrected chi connectivity index (χ2v) is 6.07. The van der Waals surface area contributed by atoms with E-state index in [1.807, 2.05) is 36.7 Å². The number of amides is 1. The number of morpholine rings is 1. The zero-order valence-corrected chi connectivity index (χ0v) is 16.5. The fourth-order valence-corrected chi connectivity index (χ4v) is 2.75. The van der Waals surface area contributed by atoms with Crippen molar-refractivity contribution in [1.82, 2.24) is 25.4 Å². The Kier molecular flexibility index (Phi) is 9.01. The lowest BCUT2D eigenvalue weighted by atomic mass is 10.2. The van der Waals surface area contributed by atoms with Gasteiger partial charge in [0.25, 0.3) is 0 Å². The summed E-state index contributed by atoms with van der Waals surface area (Å²) < 4.78 is 7.16. The predicted molar refractivity (Wildman–Crippen MR) is 104 cm³/mol. The van der Waals surface area contributed by atoms with Crippen LogP contribution >= 0.6 is 24.8 Å². The van der Waals surface area contributed by atoms with Crippen LogP contribution in [0.2, 0.25) is 0 Å². The topological polar surface area (TPSA) is 81.1 Å². The molecule has 26 heavy (non-hydrogen) atoms. The number of nitrogens with zero attached hydrogens (tertiary/aromatic N) is 3. The Hall–Kier alpha value is -1.67. The number of rotatable bonds is 5. The van der Waals surface area contributed by atoms with E-state index in [9.17, 15) is 4.79 Å². The Morgan fingerprint density at radius 2 is 2.19 bits per heavy atom. The Balaban J connectivity index is 0.00000169. The van der Waals surface area contributed by atoms with Gasteiger partial charge in [0.1, 0.15) is 0 Å². The first-order valence-electron chi connectivity index (χ1n) is 8.18. The van der Waals surface area contributed by atoms with Crippen LogP contribution in [0.15, 0.2) is 24.4 Å². The van der Waals surface area contributed by atoms with Crippen LogP contribution in [0, 0.1) is 13.8 Å². The second-order valence-electron chi connectivity index (χ2n) is 6.07. The van der Waals surface area contributed by atoms with E-state index in [-0.39, 0.29) is 36.8 Å². The molecule has 144 valence electrons. The highest BCUT2D eigenvalue weighted by Gasteiger charge is 2.16. The van der Waals surface area contributed by atoms with Crippen molar-refractivity contribution >= 4 is 30.7 Å². The third-order valence-electron chi connectivity index (χ3n) is 3.96. The molecule has 9 heteroatoms. The maximum atomic E-state index is 12.0.